The third-order valence-corrected chi connectivity index (χ3v) is 6.84. The van der Waals surface area contributed by atoms with E-state index in [0.29, 0.717) is 5.75 Å². The van der Waals surface area contributed by atoms with E-state index in [1.165, 1.54) is 31.4 Å². The van der Waals surface area contributed by atoms with Gasteiger partial charge in [0.05, 0.1) is 34.9 Å². The van der Waals surface area contributed by atoms with Gasteiger partial charge < -0.3 is 4.74 Å². The van der Waals surface area contributed by atoms with Crippen LogP contribution in [0.2, 0.25) is 0 Å². The van der Waals surface area contributed by atoms with Crippen LogP contribution in [-0.2, 0) is 19.9 Å². The Morgan fingerprint density at radius 1 is 1.25 bits per heavy atom. The molecule has 0 aliphatic carbocycles. The molecule has 0 saturated carbocycles. The second-order valence-corrected chi connectivity index (χ2v) is 8.92. The first-order chi connectivity index (χ1) is 9.23. The highest BCUT2D eigenvalue weighted by molar-refractivity contribution is 7.92. The van der Waals surface area contributed by atoms with Crippen LogP contribution in [0.5, 0.6) is 5.75 Å². The zero-order valence-corrected chi connectivity index (χ0v) is 13.0. The largest absolute Gasteiger partial charge is 0.497 e. The quantitative estimate of drug-likeness (QED) is 0.801. The molecule has 6 nitrogen and oxygen atoms in total. The molecular formula is C11H14ClNO5S2. The van der Waals surface area contributed by atoms with Gasteiger partial charge in [-0.1, -0.05) is 0 Å². The third kappa shape index (κ3) is 3.43. The summed E-state index contributed by atoms with van der Waals surface area (Å²) in [6, 6.07) is 4.98. The van der Waals surface area contributed by atoms with E-state index >= 15 is 0 Å². The molecule has 0 spiro atoms. The predicted octanol–water partition coefficient (Wildman–Crippen LogP) is 0.378. The minimum atomic E-state index is -3.81. The Kier molecular flexibility index (Phi) is 4.29. The van der Waals surface area contributed by atoms with Crippen LogP contribution in [0.3, 0.4) is 0 Å². The first kappa shape index (κ1) is 15.6. The molecule has 0 radical (unpaired) electrons. The summed E-state index contributed by atoms with van der Waals surface area (Å²) in [5.41, 5.74) is 0. The zero-order valence-electron chi connectivity index (χ0n) is 10.6. The van der Waals surface area contributed by atoms with Gasteiger partial charge >= 0.3 is 0 Å². The lowest BCUT2D eigenvalue weighted by molar-refractivity contribution is 0.414. The SMILES string of the molecule is COc1ccc(S(=O)(=O)N[C@H]2CS(=O)(=O)C[C@@H]2Cl)cc1. The van der Waals surface area contributed by atoms with Crippen LogP contribution in [0.15, 0.2) is 29.2 Å². The Balaban J connectivity index is 2.19. The Morgan fingerprint density at radius 2 is 1.85 bits per heavy atom. The molecule has 9 heteroatoms. The maximum atomic E-state index is 12.1. The van der Waals surface area contributed by atoms with Gasteiger partial charge in [0.25, 0.3) is 0 Å². The van der Waals surface area contributed by atoms with Gasteiger partial charge in [-0.15, -0.1) is 11.6 Å². The van der Waals surface area contributed by atoms with Gasteiger partial charge in [0.2, 0.25) is 10.0 Å². The van der Waals surface area contributed by atoms with E-state index in [0.717, 1.165) is 0 Å². The number of hydrogen-bond acceptors (Lipinski definition) is 5. The van der Waals surface area contributed by atoms with Crippen LogP contribution in [-0.4, -0.2) is 46.9 Å². The number of alkyl halides is 1. The summed E-state index contributed by atoms with van der Waals surface area (Å²) in [6.45, 7) is 0. The molecule has 0 unspecified atom stereocenters. The van der Waals surface area contributed by atoms with Crippen molar-refractivity contribution in [2.24, 2.45) is 0 Å². The average Bonchev–Trinajstić information content (AvgIpc) is 2.61. The summed E-state index contributed by atoms with van der Waals surface area (Å²) in [7, 11) is -5.62. The minimum Gasteiger partial charge on any atom is -0.497 e. The summed E-state index contributed by atoms with van der Waals surface area (Å²) in [5, 5.41) is -0.756. The summed E-state index contributed by atoms with van der Waals surface area (Å²) in [4.78, 5) is 0.0338. The van der Waals surface area contributed by atoms with Gasteiger partial charge in [0, 0.05) is 0 Å². The van der Waals surface area contributed by atoms with Crippen molar-refractivity contribution in [2.45, 2.75) is 16.3 Å². The summed E-state index contributed by atoms with van der Waals surface area (Å²) in [6.07, 6.45) is 0. The molecule has 1 heterocycles. The highest BCUT2D eigenvalue weighted by Gasteiger charge is 2.38. The fraction of sp³-hybridized carbons (Fsp3) is 0.455. The molecule has 1 fully saturated rings. The van der Waals surface area contributed by atoms with Gasteiger partial charge in [-0.25, -0.2) is 21.6 Å². The van der Waals surface area contributed by atoms with Gasteiger partial charge in [-0.3, -0.25) is 0 Å². The Hall–Kier alpha value is -0.830. The molecule has 20 heavy (non-hydrogen) atoms. The van der Waals surface area contributed by atoms with Crippen LogP contribution in [0, 0.1) is 0 Å². The molecule has 1 aromatic carbocycles. The monoisotopic (exact) mass is 339 g/mol. The number of methoxy groups -OCH3 is 1. The molecule has 0 amide bonds. The lowest BCUT2D eigenvalue weighted by Crippen LogP contribution is -2.40. The number of benzene rings is 1. The maximum absolute atomic E-state index is 12.1. The van der Waals surface area contributed by atoms with Crippen molar-refractivity contribution in [3.63, 3.8) is 0 Å². The average molecular weight is 340 g/mol. The Morgan fingerprint density at radius 3 is 2.30 bits per heavy atom. The van der Waals surface area contributed by atoms with Crippen molar-refractivity contribution >= 4 is 31.5 Å². The predicted molar refractivity (Wildman–Crippen MR) is 75.4 cm³/mol. The Labute approximate surface area is 123 Å². The van der Waals surface area contributed by atoms with Gasteiger partial charge in [-0.05, 0) is 24.3 Å². The standard InChI is InChI=1S/C11H14ClNO5S2/c1-18-8-2-4-9(5-3-8)20(16,17)13-11-7-19(14,15)6-10(11)12/h2-5,10-11,13H,6-7H2,1H3/t10-,11-/m0/s1. The highest BCUT2D eigenvalue weighted by atomic mass is 35.5. The fourth-order valence-corrected chi connectivity index (χ4v) is 5.94. The maximum Gasteiger partial charge on any atom is 0.240 e. The van der Waals surface area contributed by atoms with E-state index in [-0.39, 0.29) is 16.4 Å². The van der Waals surface area contributed by atoms with E-state index in [4.69, 9.17) is 16.3 Å². The highest BCUT2D eigenvalue weighted by Crippen LogP contribution is 2.21. The van der Waals surface area contributed by atoms with E-state index in [1.54, 1.807) is 0 Å². The number of halogens is 1. The summed E-state index contributed by atoms with van der Waals surface area (Å²) in [5.74, 6) is 0.0311. The Bertz CT molecular complexity index is 684. The number of sulfonamides is 1. The molecule has 0 aromatic heterocycles. The molecular weight excluding hydrogens is 326 g/mol. The van der Waals surface area contributed by atoms with Crippen LogP contribution in [0.1, 0.15) is 0 Å². The van der Waals surface area contributed by atoms with Crippen LogP contribution in [0.4, 0.5) is 0 Å². The van der Waals surface area contributed by atoms with Gasteiger partial charge in [0.1, 0.15) is 5.75 Å². The van der Waals surface area contributed by atoms with Crippen LogP contribution < -0.4 is 9.46 Å². The lowest BCUT2D eigenvalue weighted by atomic mass is 10.3. The van der Waals surface area contributed by atoms with Crippen molar-refractivity contribution in [3.05, 3.63) is 24.3 Å². The van der Waals surface area contributed by atoms with Gasteiger partial charge in [0.15, 0.2) is 9.84 Å². The first-order valence-corrected chi connectivity index (χ1v) is 9.48. The normalized spacial score (nSPS) is 25.5. The van der Waals surface area contributed by atoms with Crippen molar-refractivity contribution < 1.29 is 21.6 Å². The van der Waals surface area contributed by atoms with E-state index in [9.17, 15) is 16.8 Å². The van der Waals surface area contributed by atoms with Crippen LogP contribution in [0.25, 0.3) is 0 Å². The third-order valence-electron chi connectivity index (χ3n) is 2.96. The topological polar surface area (TPSA) is 89.5 Å². The van der Waals surface area contributed by atoms with E-state index < -0.39 is 31.3 Å². The molecule has 0 bridgehead atoms. The second-order valence-electron chi connectivity index (χ2n) is 4.50. The molecule has 112 valence electrons. The molecule has 2 rings (SSSR count). The van der Waals surface area contributed by atoms with E-state index in [1.807, 2.05) is 0 Å². The fourth-order valence-electron chi connectivity index (χ4n) is 1.93. The smallest absolute Gasteiger partial charge is 0.240 e. The molecule has 1 aliphatic rings. The van der Waals surface area contributed by atoms with Crippen molar-refractivity contribution in [1.82, 2.24) is 4.72 Å². The molecule has 2 atom stereocenters. The first-order valence-electron chi connectivity index (χ1n) is 5.74. The lowest BCUT2D eigenvalue weighted by Gasteiger charge is -2.14. The summed E-state index contributed by atoms with van der Waals surface area (Å²) < 4.78 is 54.4. The van der Waals surface area contributed by atoms with E-state index in [2.05, 4.69) is 4.72 Å². The number of sulfone groups is 1. The van der Waals surface area contributed by atoms with Crippen molar-refractivity contribution in [2.75, 3.05) is 18.6 Å². The van der Waals surface area contributed by atoms with Crippen LogP contribution >= 0.6 is 11.6 Å². The van der Waals surface area contributed by atoms with Crippen molar-refractivity contribution in [1.29, 1.82) is 0 Å². The number of ether oxygens (including phenoxy) is 1. The number of nitrogens with one attached hydrogen (secondary N) is 1. The molecule has 1 saturated heterocycles. The second kappa shape index (κ2) is 5.51. The molecule has 1 N–H and O–H groups in total. The number of hydrogen-bond donors (Lipinski definition) is 1. The minimum absolute atomic E-state index is 0.0338. The molecule has 1 aromatic rings. The zero-order chi connectivity index (χ0) is 15.0. The number of rotatable bonds is 4. The summed E-state index contributed by atoms with van der Waals surface area (Å²) >= 11 is 5.88. The van der Waals surface area contributed by atoms with Crippen molar-refractivity contribution in [3.8, 4) is 5.75 Å². The molecule has 1 aliphatic heterocycles. The van der Waals surface area contributed by atoms with Gasteiger partial charge in [-0.2, -0.15) is 0 Å².